The molecule has 0 saturated carbocycles. The van der Waals surface area contributed by atoms with Gasteiger partial charge in [0.25, 0.3) is 5.91 Å². The molecule has 0 spiro atoms. The fourth-order valence-electron chi connectivity index (χ4n) is 1.93. The van der Waals surface area contributed by atoms with Crippen molar-refractivity contribution in [3.8, 4) is 0 Å². The molecule has 4 nitrogen and oxygen atoms in total. The number of carbonyl (C=O) groups excluding carboxylic acids is 2. The van der Waals surface area contributed by atoms with Crippen LogP contribution in [-0.2, 0) is 9.53 Å². The van der Waals surface area contributed by atoms with Crippen molar-refractivity contribution >= 4 is 23.5 Å². The Morgan fingerprint density at radius 3 is 2.62 bits per heavy atom. The maximum absolute atomic E-state index is 12.5. The molecule has 0 aliphatic rings. The Kier molecular flexibility index (Phi) is 7.83. The van der Waals surface area contributed by atoms with Gasteiger partial charge in [0.05, 0.1) is 13.0 Å². The summed E-state index contributed by atoms with van der Waals surface area (Å²) in [6.45, 7) is 5.18. The van der Waals surface area contributed by atoms with Gasteiger partial charge in [-0.3, -0.25) is 9.59 Å². The summed E-state index contributed by atoms with van der Waals surface area (Å²) < 4.78 is 4.90. The Bertz CT molecular complexity index is 476. The first-order valence-electron chi connectivity index (χ1n) is 7.29. The number of halogens is 1. The summed E-state index contributed by atoms with van der Waals surface area (Å²) in [7, 11) is 0. The largest absolute Gasteiger partial charge is 0.466 e. The number of hydrogen-bond donors (Lipinski definition) is 0. The Balaban J connectivity index is 2.71. The van der Waals surface area contributed by atoms with Crippen LogP contribution < -0.4 is 0 Å². The lowest BCUT2D eigenvalue weighted by Gasteiger charge is -2.22. The predicted molar refractivity (Wildman–Crippen MR) is 83.5 cm³/mol. The van der Waals surface area contributed by atoms with Gasteiger partial charge in [-0.15, -0.1) is 0 Å². The number of nitrogens with zero attached hydrogens (tertiary/aromatic N) is 1. The van der Waals surface area contributed by atoms with Gasteiger partial charge in [0.1, 0.15) is 0 Å². The summed E-state index contributed by atoms with van der Waals surface area (Å²) in [5, 5.41) is 0.529. The first-order valence-corrected chi connectivity index (χ1v) is 7.66. The second kappa shape index (κ2) is 9.40. The van der Waals surface area contributed by atoms with Crippen LogP contribution in [0.25, 0.3) is 0 Å². The molecule has 1 aromatic rings. The maximum Gasteiger partial charge on any atom is 0.307 e. The van der Waals surface area contributed by atoms with Crippen LogP contribution in [0.1, 0.15) is 43.5 Å². The second-order valence-corrected chi connectivity index (χ2v) is 5.15. The summed E-state index contributed by atoms with van der Waals surface area (Å²) in [4.78, 5) is 25.6. The van der Waals surface area contributed by atoms with Crippen LogP contribution in [0.5, 0.6) is 0 Å². The molecular formula is C16H22ClNO3. The lowest BCUT2D eigenvalue weighted by atomic mass is 10.2. The molecule has 21 heavy (non-hydrogen) atoms. The third-order valence-electron chi connectivity index (χ3n) is 3.03. The Morgan fingerprint density at radius 2 is 2.00 bits per heavy atom. The van der Waals surface area contributed by atoms with Gasteiger partial charge in [0, 0.05) is 23.7 Å². The first-order chi connectivity index (χ1) is 10.1. The third-order valence-corrected chi connectivity index (χ3v) is 3.27. The molecular weight excluding hydrogens is 290 g/mol. The molecule has 0 aromatic heterocycles. The number of unbranched alkanes of at least 4 members (excludes halogenated alkanes) is 1. The highest BCUT2D eigenvalue weighted by molar-refractivity contribution is 6.30. The van der Waals surface area contributed by atoms with Gasteiger partial charge in [-0.05, 0) is 31.5 Å². The van der Waals surface area contributed by atoms with Crippen molar-refractivity contribution in [2.24, 2.45) is 0 Å². The topological polar surface area (TPSA) is 46.6 Å². The van der Waals surface area contributed by atoms with Crippen molar-refractivity contribution < 1.29 is 14.3 Å². The third kappa shape index (κ3) is 6.17. The van der Waals surface area contributed by atoms with Crippen LogP contribution in [0, 0.1) is 0 Å². The number of hydrogen-bond acceptors (Lipinski definition) is 3. The van der Waals surface area contributed by atoms with E-state index in [-0.39, 0.29) is 18.3 Å². The van der Waals surface area contributed by atoms with Crippen LogP contribution in [-0.4, -0.2) is 36.5 Å². The Hall–Kier alpha value is -1.55. The molecule has 5 heteroatoms. The molecule has 0 atom stereocenters. The van der Waals surface area contributed by atoms with Gasteiger partial charge in [-0.2, -0.15) is 0 Å². The highest BCUT2D eigenvalue weighted by Crippen LogP contribution is 2.13. The molecule has 0 heterocycles. The van der Waals surface area contributed by atoms with Crippen LogP contribution in [0.2, 0.25) is 5.02 Å². The maximum atomic E-state index is 12.5. The van der Waals surface area contributed by atoms with Crippen molar-refractivity contribution in [3.63, 3.8) is 0 Å². The van der Waals surface area contributed by atoms with Gasteiger partial charge in [-0.1, -0.05) is 31.0 Å². The fraction of sp³-hybridized carbons (Fsp3) is 0.500. The minimum atomic E-state index is -0.280. The van der Waals surface area contributed by atoms with E-state index >= 15 is 0 Å². The zero-order valence-electron chi connectivity index (χ0n) is 12.6. The molecule has 1 rings (SSSR count). The number of amides is 1. The standard InChI is InChI=1S/C16H22ClNO3/c1-3-5-10-18(11-9-15(19)21-4-2)16(20)13-7-6-8-14(17)12-13/h6-8,12H,3-5,9-11H2,1-2H3. The number of ether oxygens (including phenoxy) is 1. The summed E-state index contributed by atoms with van der Waals surface area (Å²) in [5.74, 6) is -0.381. The van der Waals surface area contributed by atoms with Crippen LogP contribution >= 0.6 is 11.6 Å². The number of rotatable bonds is 8. The lowest BCUT2D eigenvalue weighted by molar-refractivity contribution is -0.143. The van der Waals surface area contributed by atoms with Gasteiger partial charge in [0.15, 0.2) is 0 Å². The van der Waals surface area contributed by atoms with Gasteiger partial charge < -0.3 is 9.64 Å². The van der Waals surface area contributed by atoms with Crippen molar-refractivity contribution in [3.05, 3.63) is 34.9 Å². The van der Waals surface area contributed by atoms with E-state index in [9.17, 15) is 9.59 Å². The highest BCUT2D eigenvalue weighted by Gasteiger charge is 2.17. The van der Waals surface area contributed by atoms with Crippen LogP contribution in [0.15, 0.2) is 24.3 Å². The smallest absolute Gasteiger partial charge is 0.307 e. The average molecular weight is 312 g/mol. The van der Waals surface area contributed by atoms with E-state index in [4.69, 9.17) is 16.3 Å². The molecule has 0 saturated heterocycles. The zero-order valence-corrected chi connectivity index (χ0v) is 13.4. The zero-order chi connectivity index (χ0) is 15.7. The number of benzene rings is 1. The molecule has 0 radical (unpaired) electrons. The highest BCUT2D eigenvalue weighted by atomic mass is 35.5. The summed E-state index contributed by atoms with van der Waals surface area (Å²) in [5.41, 5.74) is 0.544. The molecule has 0 fully saturated rings. The van der Waals surface area contributed by atoms with Gasteiger partial charge in [0.2, 0.25) is 0 Å². The monoisotopic (exact) mass is 311 g/mol. The second-order valence-electron chi connectivity index (χ2n) is 4.71. The Labute approximate surface area is 131 Å². The summed E-state index contributed by atoms with van der Waals surface area (Å²) in [6, 6.07) is 6.86. The Morgan fingerprint density at radius 1 is 1.24 bits per heavy atom. The molecule has 0 aliphatic carbocycles. The molecule has 116 valence electrons. The van der Waals surface area contributed by atoms with E-state index in [0.29, 0.717) is 30.3 Å². The molecule has 0 bridgehead atoms. The van der Waals surface area contributed by atoms with Crippen LogP contribution in [0.3, 0.4) is 0 Å². The van der Waals surface area contributed by atoms with E-state index in [1.807, 2.05) is 0 Å². The van der Waals surface area contributed by atoms with Gasteiger partial charge >= 0.3 is 5.97 Å². The van der Waals surface area contributed by atoms with E-state index in [2.05, 4.69) is 6.92 Å². The van der Waals surface area contributed by atoms with E-state index in [1.165, 1.54) is 0 Å². The lowest BCUT2D eigenvalue weighted by Crippen LogP contribution is -2.34. The quantitative estimate of drug-likeness (QED) is 0.690. The van der Waals surface area contributed by atoms with E-state index in [0.717, 1.165) is 12.8 Å². The normalized spacial score (nSPS) is 10.2. The first kappa shape index (κ1) is 17.5. The minimum absolute atomic E-state index is 0.102. The molecule has 0 unspecified atom stereocenters. The van der Waals surface area contributed by atoms with Crippen LogP contribution in [0.4, 0.5) is 0 Å². The molecule has 1 amide bonds. The molecule has 1 aromatic carbocycles. The average Bonchev–Trinajstić information content (AvgIpc) is 2.47. The molecule has 0 N–H and O–H groups in total. The van der Waals surface area contributed by atoms with Crippen molar-refractivity contribution in [1.82, 2.24) is 4.90 Å². The minimum Gasteiger partial charge on any atom is -0.466 e. The molecule has 0 aliphatic heterocycles. The van der Waals surface area contributed by atoms with Gasteiger partial charge in [-0.25, -0.2) is 0 Å². The van der Waals surface area contributed by atoms with Crippen molar-refractivity contribution in [1.29, 1.82) is 0 Å². The number of esters is 1. The van der Waals surface area contributed by atoms with Crippen molar-refractivity contribution in [2.75, 3.05) is 19.7 Å². The SMILES string of the molecule is CCCCN(CCC(=O)OCC)C(=O)c1cccc(Cl)c1. The predicted octanol–water partition coefficient (Wildman–Crippen LogP) is 3.54. The summed E-state index contributed by atoms with van der Waals surface area (Å²) >= 11 is 5.92. The van der Waals surface area contributed by atoms with Crippen molar-refractivity contribution in [2.45, 2.75) is 33.1 Å². The fourth-order valence-corrected chi connectivity index (χ4v) is 2.12. The summed E-state index contributed by atoms with van der Waals surface area (Å²) in [6.07, 6.45) is 2.09. The van der Waals surface area contributed by atoms with E-state index < -0.39 is 0 Å². The number of carbonyl (C=O) groups is 2. The van der Waals surface area contributed by atoms with E-state index in [1.54, 1.807) is 36.1 Å².